The van der Waals surface area contributed by atoms with Crippen molar-refractivity contribution in [2.75, 3.05) is 0 Å². The molecule has 0 radical (unpaired) electrons. The Morgan fingerprint density at radius 1 is 1.50 bits per heavy atom. The Morgan fingerprint density at radius 2 is 2.29 bits per heavy atom. The lowest BCUT2D eigenvalue weighted by molar-refractivity contribution is -0.110. The summed E-state index contributed by atoms with van der Waals surface area (Å²) in [6.45, 7) is 4.42. The van der Waals surface area contributed by atoms with Crippen molar-refractivity contribution < 1.29 is 4.79 Å². The molecule has 1 rings (SSSR count). The van der Waals surface area contributed by atoms with E-state index in [1.807, 2.05) is 6.08 Å². The molecular weight excluding hydrogens is 172 g/mol. The molecule has 0 aromatic rings. The van der Waals surface area contributed by atoms with Crippen LogP contribution in [0.25, 0.3) is 0 Å². The SMILES string of the molecule is CC(C)CC=CC1CCC=CC1C=O. The number of aldehydes is 1. The van der Waals surface area contributed by atoms with E-state index in [2.05, 4.69) is 32.1 Å². The summed E-state index contributed by atoms with van der Waals surface area (Å²) in [6, 6.07) is 0. The first-order valence-corrected chi connectivity index (χ1v) is 5.52. The predicted octanol–water partition coefficient (Wildman–Crippen LogP) is 3.37. The van der Waals surface area contributed by atoms with E-state index < -0.39 is 0 Å². The molecule has 2 atom stereocenters. The Kier molecular flexibility index (Phi) is 4.64. The molecule has 0 fully saturated rings. The summed E-state index contributed by atoms with van der Waals surface area (Å²) in [6.07, 6.45) is 13.0. The first kappa shape index (κ1) is 11.2. The summed E-state index contributed by atoms with van der Waals surface area (Å²) in [5.74, 6) is 1.27. The zero-order valence-corrected chi connectivity index (χ0v) is 9.15. The van der Waals surface area contributed by atoms with Gasteiger partial charge in [0.05, 0.1) is 0 Å². The molecule has 0 aromatic heterocycles. The van der Waals surface area contributed by atoms with Gasteiger partial charge in [-0.05, 0) is 31.1 Å². The molecule has 78 valence electrons. The van der Waals surface area contributed by atoms with E-state index in [4.69, 9.17) is 0 Å². The Labute approximate surface area is 86.9 Å². The molecule has 0 saturated carbocycles. The highest BCUT2D eigenvalue weighted by atomic mass is 16.1. The molecule has 2 unspecified atom stereocenters. The molecule has 0 bridgehead atoms. The first-order chi connectivity index (χ1) is 6.74. The lowest BCUT2D eigenvalue weighted by Crippen LogP contribution is -2.14. The van der Waals surface area contributed by atoms with E-state index in [9.17, 15) is 4.79 Å². The zero-order valence-electron chi connectivity index (χ0n) is 9.15. The van der Waals surface area contributed by atoms with Gasteiger partial charge < -0.3 is 4.79 Å². The van der Waals surface area contributed by atoms with E-state index >= 15 is 0 Å². The quantitative estimate of drug-likeness (QED) is 0.493. The van der Waals surface area contributed by atoms with Crippen LogP contribution < -0.4 is 0 Å². The van der Waals surface area contributed by atoms with Crippen LogP contribution in [-0.4, -0.2) is 6.29 Å². The number of carbonyl (C=O) groups excluding carboxylic acids is 1. The third kappa shape index (κ3) is 3.49. The van der Waals surface area contributed by atoms with Gasteiger partial charge in [0, 0.05) is 5.92 Å². The monoisotopic (exact) mass is 192 g/mol. The number of allylic oxidation sites excluding steroid dienone is 4. The van der Waals surface area contributed by atoms with Gasteiger partial charge >= 0.3 is 0 Å². The van der Waals surface area contributed by atoms with Crippen molar-refractivity contribution in [1.82, 2.24) is 0 Å². The zero-order chi connectivity index (χ0) is 10.4. The van der Waals surface area contributed by atoms with Gasteiger partial charge in [-0.2, -0.15) is 0 Å². The summed E-state index contributed by atoms with van der Waals surface area (Å²) in [4.78, 5) is 10.8. The fraction of sp³-hybridized carbons (Fsp3) is 0.615. The molecule has 0 spiro atoms. The van der Waals surface area contributed by atoms with Crippen molar-refractivity contribution in [2.24, 2.45) is 17.8 Å². The molecular formula is C13H20O. The van der Waals surface area contributed by atoms with Crippen molar-refractivity contribution >= 4 is 6.29 Å². The molecule has 0 aromatic carbocycles. The highest BCUT2D eigenvalue weighted by Crippen LogP contribution is 2.24. The van der Waals surface area contributed by atoms with Crippen LogP contribution in [0.3, 0.4) is 0 Å². The van der Waals surface area contributed by atoms with Crippen molar-refractivity contribution in [2.45, 2.75) is 33.1 Å². The van der Waals surface area contributed by atoms with Crippen LogP contribution in [0.15, 0.2) is 24.3 Å². The molecule has 0 aliphatic heterocycles. The normalized spacial score (nSPS) is 27.4. The summed E-state index contributed by atoms with van der Waals surface area (Å²) >= 11 is 0. The van der Waals surface area contributed by atoms with Gasteiger partial charge in [0.1, 0.15) is 6.29 Å². The summed E-state index contributed by atoms with van der Waals surface area (Å²) < 4.78 is 0. The second-order valence-corrected chi connectivity index (χ2v) is 4.44. The van der Waals surface area contributed by atoms with Crippen molar-refractivity contribution in [3.05, 3.63) is 24.3 Å². The topological polar surface area (TPSA) is 17.1 Å². The summed E-state index contributed by atoms with van der Waals surface area (Å²) in [7, 11) is 0. The maximum atomic E-state index is 10.8. The maximum Gasteiger partial charge on any atom is 0.127 e. The van der Waals surface area contributed by atoms with Gasteiger partial charge in [0.25, 0.3) is 0 Å². The lowest BCUT2D eigenvalue weighted by Gasteiger charge is -2.20. The fourth-order valence-corrected chi connectivity index (χ4v) is 1.77. The molecule has 1 aliphatic rings. The minimum atomic E-state index is 0.118. The second-order valence-electron chi connectivity index (χ2n) is 4.44. The van der Waals surface area contributed by atoms with Gasteiger partial charge in [-0.25, -0.2) is 0 Å². The molecule has 14 heavy (non-hydrogen) atoms. The van der Waals surface area contributed by atoms with E-state index in [-0.39, 0.29) is 5.92 Å². The maximum absolute atomic E-state index is 10.8. The smallest absolute Gasteiger partial charge is 0.127 e. The molecule has 0 heterocycles. The predicted molar refractivity (Wildman–Crippen MR) is 60.0 cm³/mol. The van der Waals surface area contributed by atoms with Crippen LogP contribution in [-0.2, 0) is 4.79 Å². The summed E-state index contributed by atoms with van der Waals surface area (Å²) in [5.41, 5.74) is 0. The van der Waals surface area contributed by atoms with Crippen LogP contribution in [0.2, 0.25) is 0 Å². The molecule has 1 aliphatic carbocycles. The Hall–Kier alpha value is -0.850. The fourth-order valence-electron chi connectivity index (χ4n) is 1.77. The van der Waals surface area contributed by atoms with Gasteiger partial charge in [-0.3, -0.25) is 0 Å². The Bertz CT molecular complexity index is 225. The van der Waals surface area contributed by atoms with E-state index in [1.54, 1.807) is 0 Å². The third-order valence-corrected chi connectivity index (χ3v) is 2.67. The van der Waals surface area contributed by atoms with Crippen LogP contribution >= 0.6 is 0 Å². The highest BCUT2D eigenvalue weighted by molar-refractivity contribution is 5.58. The Morgan fingerprint density at radius 3 is 2.93 bits per heavy atom. The minimum Gasteiger partial charge on any atom is -0.303 e. The van der Waals surface area contributed by atoms with E-state index in [0.29, 0.717) is 11.8 Å². The van der Waals surface area contributed by atoms with Crippen molar-refractivity contribution in [3.63, 3.8) is 0 Å². The van der Waals surface area contributed by atoms with Crippen LogP contribution in [0.5, 0.6) is 0 Å². The minimum absolute atomic E-state index is 0.118. The van der Waals surface area contributed by atoms with Crippen LogP contribution in [0.1, 0.15) is 33.1 Å². The van der Waals surface area contributed by atoms with Crippen molar-refractivity contribution in [1.29, 1.82) is 0 Å². The van der Waals surface area contributed by atoms with Gasteiger partial charge in [-0.1, -0.05) is 38.2 Å². The first-order valence-electron chi connectivity index (χ1n) is 5.52. The van der Waals surface area contributed by atoms with Gasteiger partial charge in [-0.15, -0.1) is 0 Å². The summed E-state index contributed by atoms with van der Waals surface area (Å²) in [5, 5.41) is 0. The number of rotatable bonds is 4. The van der Waals surface area contributed by atoms with E-state index in [0.717, 1.165) is 25.5 Å². The lowest BCUT2D eigenvalue weighted by atomic mass is 9.84. The Balaban J connectivity index is 2.46. The average molecular weight is 192 g/mol. The molecule has 0 amide bonds. The third-order valence-electron chi connectivity index (χ3n) is 2.67. The largest absolute Gasteiger partial charge is 0.303 e. The van der Waals surface area contributed by atoms with Crippen LogP contribution in [0, 0.1) is 17.8 Å². The highest BCUT2D eigenvalue weighted by Gasteiger charge is 2.17. The van der Waals surface area contributed by atoms with Crippen molar-refractivity contribution in [3.8, 4) is 0 Å². The standard InChI is InChI=1S/C13H20O/c1-11(2)6-5-9-12-7-3-4-8-13(12)10-14/h4-5,8-13H,3,6-7H2,1-2H3. The average Bonchev–Trinajstić information content (AvgIpc) is 2.18. The van der Waals surface area contributed by atoms with Gasteiger partial charge in [0.15, 0.2) is 0 Å². The second kappa shape index (κ2) is 5.79. The molecule has 0 saturated heterocycles. The molecule has 0 N–H and O–H groups in total. The molecule has 1 heteroatoms. The van der Waals surface area contributed by atoms with Gasteiger partial charge in [0.2, 0.25) is 0 Å². The number of hydrogen-bond acceptors (Lipinski definition) is 1. The van der Waals surface area contributed by atoms with E-state index in [1.165, 1.54) is 0 Å². The van der Waals surface area contributed by atoms with Crippen LogP contribution in [0.4, 0.5) is 0 Å². The number of hydrogen-bond donors (Lipinski definition) is 0. The molecule has 1 nitrogen and oxygen atoms in total. The number of carbonyl (C=O) groups is 1.